The van der Waals surface area contributed by atoms with E-state index in [9.17, 15) is 0 Å². The van der Waals surface area contributed by atoms with Gasteiger partial charge < -0.3 is 9.80 Å². The molecule has 4 aliphatic rings. The first-order chi connectivity index (χ1) is 35.2. The molecule has 0 saturated heterocycles. The average molecular weight is 915 g/mol. The van der Waals surface area contributed by atoms with E-state index in [-0.39, 0.29) is 13.4 Å². The molecule has 11 aromatic rings. The number of hydrogen-bond donors (Lipinski definition) is 0. The molecule has 5 heteroatoms. The van der Waals surface area contributed by atoms with Gasteiger partial charge in [0.2, 0.25) is 6.71 Å². The summed E-state index contributed by atoms with van der Waals surface area (Å²) in [7, 11) is -0.940. The highest BCUT2D eigenvalue weighted by atomic mass is 28.2. The lowest BCUT2D eigenvalue weighted by atomic mass is 9.29. The fraction of sp³-hybridized carbons (Fsp3) is 0. The molecule has 4 heterocycles. The van der Waals surface area contributed by atoms with Crippen molar-refractivity contribution < 1.29 is 0 Å². The number of benzene rings is 11. The second kappa shape index (κ2) is 16.0. The minimum Gasteiger partial charge on any atom is -0.312 e. The van der Waals surface area contributed by atoms with Crippen LogP contribution in [0.3, 0.4) is 0 Å². The van der Waals surface area contributed by atoms with Crippen molar-refractivity contribution in [3.05, 3.63) is 255 Å². The van der Waals surface area contributed by atoms with E-state index < -0.39 is 9.52 Å². The molecule has 328 valence electrons. The van der Waals surface area contributed by atoms with Gasteiger partial charge in [-0.3, -0.25) is 0 Å². The molecule has 0 saturated carbocycles. The summed E-state index contributed by atoms with van der Waals surface area (Å²) in [6, 6.07) is 95.9. The number of rotatable bonds is 6. The van der Waals surface area contributed by atoms with Gasteiger partial charge in [0, 0.05) is 39.6 Å². The molecule has 4 aliphatic heterocycles. The van der Waals surface area contributed by atoms with Crippen molar-refractivity contribution in [2.45, 2.75) is 0 Å². The number of nitrogens with zero attached hydrogens (tertiary/aromatic N) is 2. The Hall–Kier alpha value is -8.63. The predicted molar refractivity (Wildman–Crippen MR) is 307 cm³/mol. The number of fused-ring (bicyclic) bond motifs is 10. The third-order valence-electron chi connectivity index (χ3n) is 15.7. The molecule has 15 rings (SSSR count). The highest BCUT2D eigenvalue weighted by Crippen LogP contribution is 2.50. The van der Waals surface area contributed by atoms with Crippen molar-refractivity contribution in [2.75, 3.05) is 9.80 Å². The van der Waals surface area contributed by atoms with Gasteiger partial charge in [-0.2, -0.15) is 0 Å². The van der Waals surface area contributed by atoms with Crippen molar-refractivity contribution >= 4 is 100 Å². The van der Waals surface area contributed by atoms with Gasteiger partial charge in [-0.25, -0.2) is 0 Å². The van der Waals surface area contributed by atoms with Crippen molar-refractivity contribution in [1.82, 2.24) is 0 Å². The van der Waals surface area contributed by atoms with Crippen molar-refractivity contribution in [1.29, 1.82) is 0 Å². The van der Waals surface area contributed by atoms with Gasteiger partial charge in [-0.05, 0) is 96.1 Å². The van der Waals surface area contributed by atoms with E-state index in [1.165, 1.54) is 133 Å². The summed E-state index contributed by atoms with van der Waals surface area (Å²) in [6.07, 6.45) is 0. The Morgan fingerprint density at radius 2 is 0.648 bits per heavy atom. The summed E-state index contributed by atoms with van der Waals surface area (Å²) in [6.45, 7) is 0.0363. The Bertz CT molecular complexity index is 3860. The van der Waals surface area contributed by atoms with Gasteiger partial charge in [0.05, 0.1) is 15.2 Å². The Balaban J connectivity index is 1.10. The fourth-order valence-electron chi connectivity index (χ4n) is 12.7. The van der Waals surface area contributed by atoms with Crippen molar-refractivity contribution in [3.63, 3.8) is 0 Å². The SMILES string of the molecule is c1ccc(-c2ccc3c(c2)B2c4cc(-c5ccccc5)ccc4N4c5ccc(-c6ccccc6)cc5B5c6ccccc6[SiH2]c6cc(c2c4c65)N3c2c(-c3ccccc3)cccc2-c2ccccc2)cc1. The predicted octanol–water partition coefficient (Wildman–Crippen LogP) is 10.4. The zero-order chi connectivity index (χ0) is 46.6. The normalized spacial score (nSPS) is 13.5. The first kappa shape index (κ1) is 40.3. The van der Waals surface area contributed by atoms with Crippen LogP contribution in [-0.4, -0.2) is 22.9 Å². The lowest BCUT2D eigenvalue weighted by molar-refractivity contribution is 1.26. The van der Waals surface area contributed by atoms with Crippen LogP contribution >= 0.6 is 0 Å². The standard InChI is InChI=1S/C66H44B2N2Si/c1-6-19-43(20-7-1)48-33-36-57-54(39-48)67-53-31-16-17-32-61(53)71-62-42-60-63-66(64(62)67)69(57)58-37-34-49(44-21-8-2-9-22-44)40-55(58)68(63)56-41-50(45-23-10-3-11-24-45)35-38-59(56)70(60)65-51(46-25-12-4-13-26-46)29-18-30-52(65)47-27-14-5-15-28-47/h1-42H,71H2. The monoisotopic (exact) mass is 914 g/mol. The summed E-state index contributed by atoms with van der Waals surface area (Å²) in [5.74, 6) is 0. The second-order valence-corrected chi connectivity index (χ2v) is 21.4. The minimum absolute atomic E-state index is 0.0520. The van der Waals surface area contributed by atoms with Gasteiger partial charge >= 0.3 is 0 Å². The summed E-state index contributed by atoms with van der Waals surface area (Å²) >= 11 is 0. The minimum atomic E-state index is -0.940. The van der Waals surface area contributed by atoms with Crippen LogP contribution in [-0.2, 0) is 0 Å². The van der Waals surface area contributed by atoms with Gasteiger partial charge in [0.25, 0.3) is 6.71 Å². The van der Waals surface area contributed by atoms with Gasteiger partial charge in [0.15, 0.2) is 0 Å². The molecule has 2 nitrogen and oxygen atoms in total. The Morgan fingerprint density at radius 1 is 0.254 bits per heavy atom. The Kier molecular flexibility index (Phi) is 9.05. The smallest absolute Gasteiger partial charge is 0.252 e. The lowest BCUT2D eigenvalue weighted by Crippen LogP contribution is -2.74. The maximum Gasteiger partial charge on any atom is 0.252 e. The highest BCUT2D eigenvalue weighted by molar-refractivity contribution is 7.08. The maximum atomic E-state index is 2.70. The zero-order valence-electron chi connectivity index (χ0n) is 39.0. The molecule has 0 amide bonds. The molecule has 0 fully saturated rings. The second-order valence-electron chi connectivity index (χ2n) is 19.5. The van der Waals surface area contributed by atoms with Gasteiger partial charge in [-0.1, -0.05) is 246 Å². The van der Waals surface area contributed by atoms with Crippen LogP contribution in [0.2, 0.25) is 0 Å². The highest BCUT2D eigenvalue weighted by Gasteiger charge is 2.50. The molecule has 71 heavy (non-hydrogen) atoms. The van der Waals surface area contributed by atoms with Gasteiger partial charge in [0.1, 0.15) is 0 Å². The van der Waals surface area contributed by atoms with E-state index in [4.69, 9.17) is 0 Å². The molecule has 0 spiro atoms. The quantitative estimate of drug-likeness (QED) is 0.153. The van der Waals surface area contributed by atoms with E-state index in [0.717, 1.165) is 0 Å². The summed E-state index contributed by atoms with van der Waals surface area (Å²) in [5.41, 5.74) is 28.2. The fourth-order valence-corrected chi connectivity index (χ4v) is 14.7. The van der Waals surface area contributed by atoms with E-state index in [2.05, 4.69) is 265 Å². The number of anilines is 6. The zero-order valence-corrected chi connectivity index (χ0v) is 40.4. The third-order valence-corrected chi connectivity index (χ3v) is 17.7. The molecular formula is C66H44B2N2Si. The molecule has 0 N–H and O–H groups in total. The molecule has 0 aromatic heterocycles. The third kappa shape index (κ3) is 6.16. The molecular weight excluding hydrogens is 870 g/mol. The maximum absolute atomic E-state index is 2.70. The van der Waals surface area contributed by atoms with Crippen LogP contribution in [0.15, 0.2) is 255 Å². The topological polar surface area (TPSA) is 6.48 Å². The van der Waals surface area contributed by atoms with Crippen LogP contribution in [0.4, 0.5) is 34.1 Å². The molecule has 11 aromatic carbocycles. The van der Waals surface area contributed by atoms with Gasteiger partial charge in [-0.15, -0.1) is 0 Å². The first-order valence-electron chi connectivity index (χ1n) is 24.9. The van der Waals surface area contributed by atoms with E-state index in [1.807, 2.05) is 0 Å². The summed E-state index contributed by atoms with van der Waals surface area (Å²) < 4.78 is 0. The Morgan fingerprint density at radius 3 is 1.11 bits per heavy atom. The van der Waals surface area contributed by atoms with Crippen molar-refractivity contribution in [2.24, 2.45) is 0 Å². The summed E-state index contributed by atoms with van der Waals surface area (Å²) in [4.78, 5) is 5.40. The van der Waals surface area contributed by atoms with Crippen LogP contribution in [0.1, 0.15) is 0 Å². The van der Waals surface area contributed by atoms with Crippen LogP contribution in [0.5, 0.6) is 0 Å². The number of para-hydroxylation sites is 1. The summed E-state index contributed by atoms with van der Waals surface area (Å²) in [5, 5.41) is 3.06. The van der Waals surface area contributed by atoms with E-state index >= 15 is 0 Å². The van der Waals surface area contributed by atoms with Crippen LogP contribution in [0.25, 0.3) is 55.6 Å². The van der Waals surface area contributed by atoms with E-state index in [1.54, 1.807) is 0 Å². The molecule has 0 bridgehead atoms. The number of hydrogen-bond acceptors (Lipinski definition) is 2. The Labute approximate surface area is 418 Å². The molecule has 0 unspecified atom stereocenters. The molecule has 0 radical (unpaired) electrons. The lowest BCUT2D eigenvalue weighted by Gasteiger charge is -2.50. The van der Waals surface area contributed by atoms with Crippen LogP contribution in [0, 0.1) is 0 Å². The van der Waals surface area contributed by atoms with Crippen LogP contribution < -0.4 is 53.0 Å². The van der Waals surface area contributed by atoms with Crippen molar-refractivity contribution in [3.8, 4) is 55.6 Å². The first-order valence-corrected chi connectivity index (χ1v) is 26.4. The average Bonchev–Trinajstić information content (AvgIpc) is 3.45. The molecule has 0 atom stereocenters. The molecule has 0 aliphatic carbocycles. The largest absolute Gasteiger partial charge is 0.312 e. The van der Waals surface area contributed by atoms with E-state index in [0.29, 0.717) is 0 Å².